The Labute approximate surface area is 166 Å². The zero-order chi connectivity index (χ0) is 19.1. The first-order chi connectivity index (χ1) is 12.4. The number of anilines is 1. The second-order valence-electron chi connectivity index (χ2n) is 5.04. The number of halogens is 3. The van der Waals surface area contributed by atoms with Gasteiger partial charge in [0.2, 0.25) is 0 Å². The molecule has 0 atom stereocenters. The molecule has 0 fully saturated rings. The van der Waals surface area contributed by atoms with Gasteiger partial charge in [0.25, 0.3) is 5.91 Å². The quantitative estimate of drug-likeness (QED) is 0.376. The average Bonchev–Trinajstić information content (AvgIpc) is 2.61. The lowest BCUT2D eigenvalue weighted by Gasteiger charge is -2.09. The average molecular weight is 408 g/mol. The van der Waals surface area contributed by atoms with Crippen molar-refractivity contribution >= 4 is 52.5 Å². The summed E-state index contributed by atoms with van der Waals surface area (Å²) in [6.07, 6.45) is 2.95. The Hall–Kier alpha value is -2.45. The fourth-order valence-corrected chi connectivity index (χ4v) is 2.73. The van der Waals surface area contributed by atoms with E-state index in [1.165, 1.54) is 6.08 Å². The summed E-state index contributed by atoms with van der Waals surface area (Å²) in [6.45, 7) is 3.80. The van der Waals surface area contributed by atoms with Gasteiger partial charge in [0.15, 0.2) is 5.75 Å². The lowest BCUT2D eigenvalue weighted by Crippen LogP contribution is -2.13. The van der Waals surface area contributed by atoms with Crippen molar-refractivity contribution in [3.05, 3.63) is 75.3 Å². The van der Waals surface area contributed by atoms with E-state index >= 15 is 0 Å². The molecule has 2 aromatic rings. The molecule has 132 valence electrons. The molecule has 2 aromatic carbocycles. The van der Waals surface area contributed by atoms with Gasteiger partial charge in [0.05, 0.1) is 10.0 Å². The number of benzene rings is 2. The number of rotatable bonds is 6. The smallest absolute Gasteiger partial charge is 0.266 e. The van der Waals surface area contributed by atoms with Crippen LogP contribution in [0.4, 0.5) is 5.69 Å². The summed E-state index contributed by atoms with van der Waals surface area (Å²) >= 11 is 18.1. The molecule has 0 radical (unpaired) electrons. The molecule has 0 aromatic heterocycles. The molecular formula is C19H13Cl3N2O2. The Morgan fingerprint density at radius 3 is 2.35 bits per heavy atom. The molecule has 0 spiro atoms. The summed E-state index contributed by atoms with van der Waals surface area (Å²) in [5, 5.41) is 13.0. The lowest BCUT2D eigenvalue weighted by molar-refractivity contribution is -0.112. The largest absolute Gasteiger partial charge is 0.486 e. The zero-order valence-electron chi connectivity index (χ0n) is 13.4. The summed E-state index contributed by atoms with van der Waals surface area (Å²) < 4.78 is 5.38. The van der Waals surface area contributed by atoms with E-state index in [9.17, 15) is 10.1 Å². The van der Waals surface area contributed by atoms with Gasteiger partial charge in [-0.15, -0.1) is 0 Å². The molecule has 1 N–H and O–H groups in total. The Bertz CT molecular complexity index is 877. The van der Waals surface area contributed by atoms with E-state index in [1.54, 1.807) is 42.5 Å². The maximum absolute atomic E-state index is 12.3. The van der Waals surface area contributed by atoms with Gasteiger partial charge in [0.1, 0.15) is 18.2 Å². The first-order valence-electron chi connectivity index (χ1n) is 7.36. The number of nitrogens with zero attached hydrogens (tertiary/aromatic N) is 1. The van der Waals surface area contributed by atoms with Crippen LogP contribution in [0, 0.1) is 11.3 Å². The van der Waals surface area contributed by atoms with E-state index in [4.69, 9.17) is 39.5 Å². The fraction of sp³-hybridized carbons (Fsp3) is 0.0526. The van der Waals surface area contributed by atoms with Gasteiger partial charge in [-0.05, 0) is 48.0 Å². The van der Waals surface area contributed by atoms with Crippen LogP contribution < -0.4 is 10.1 Å². The topological polar surface area (TPSA) is 62.1 Å². The molecule has 7 heteroatoms. The number of carbonyl (C=O) groups is 1. The maximum atomic E-state index is 12.3. The number of nitriles is 1. The molecule has 0 unspecified atom stereocenters. The first kappa shape index (κ1) is 19.9. The van der Waals surface area contributed by atoms with Gasteiger partial charge in [-0.25, -0.2) is 0 Å². The summed E-state index contributed by atoms with van der Waals surface area (Å²) in [7, 11) is 0. The van der Waals surface area contributed by atoms with Crippen molar-refractivity contribution in [3.8, 4) is 11.8 Å². The van der Waals surface area contributed by atoms with E-state index in [-0.39, 0.29) is 22.2 Å². The summed E-state index contributed by atoms with van der Waals surface area (Å²) in [5.41, 5.74) is 0.908. The molecule has 4 nitrogen and oxygen atoms in total. The highest BCUT2D eigenvalue weighted by Crippen LogP contribution is 2.35. The fourth-order valence-electron chi connectivity index (χ4n) is 1.99. The highest BCUT2D eigenvalue weighted by molar-refractivity contribution is 6.37. The predicted molar refractivity (Wildman–Crippen MR) is 106 cm³/mol. The summed E-state index contributed by atoms with van der Waals surface area (Å²) in [5.74, 6) is -0.247. The number of hydrogen-bond acceptors (Lipinski definition) is 3. The molecule has 2 rings (SSSR count). The molecule has 0 aliphatic carbocycles. The number of nitrogens with one attached hydrogen (secondary N) is 1. The van der Waals surface area contributed by atoms with Crippen LogP contribution in [-0.2, 0) is 4.79 Å². The standard InChI is InChI=1S/C19H13Cl3N2O2/c1-2-7-26-18-16(21)9-12(10-17(18)22)8-13(11-23)19(25)24-15-5-3-14(20)4-6-15/h2-6,8-10H,1,7H2,(H,24,25)/b13-8-. The van der Waals surface area contributed by atoms with Crippen molar-refractivity contribution in [3.63, 3.8) is 0 Å². The minimum absolute atomic E-state index is 0.105. The molecule has 0 bridgehead atoms. The van der Waals surface area contributed by atoms with Crippen LogP contribution in [0.3, 0.4) is 0 Å². The highest BCUT2D eigenvalue weighted by atomic mass is 35.5. The van der Waals surface area contributed by atoms with E-state index in [0.717, 1.165) is 0 Å². The molecule has 0 saturated heterocycles. The van der Waals surface area contributed by atoms with Crippen molar-refractivity contribution in [1.82, 2.24) is 0 Å². The Morgan fingerprint density at radius 2 is 1.81 bits per heavy atom. The summed E-state index contributed by atoms with van der Waals surface area (Å²) in [4.78, 5) is 12.3. The Balaban J connectivity index is 2.24. The third-order valence-electron chi connectivity index (χ3n) is 3.14. The molecule has 0 saturated carbocycles. The van der Waals surface area contributed by atoms with E-state index in [1.807, 2.05) is 6.07 Å². The van der Waals surface area contributed by atoms with Crippen LogP contribution in [0.15, 0.2) is 54.6 Å². The normalized spacial score (nSPS) is 10.8. The van der Waals surface area contributed by atoms with Gasteiger partial charge in [-0.3, -0.25) is 4.79 Å². The maximum Gasteiger partial charge on any atom is 0.266 e. The van der Waals surface area contributed by atoms with Crippen LogP contribution in [0.5, 0.6) is 5.75 Å². The van der Waals surface area contributed by atoms with Crippen molar-refractivity contribution < 1.29 is 9.53 Å². The van der Waals surface area contributed by atoms with Crippen LogP contribution >= 0.6 is 34.8 Å². The highest BCUT2D eigenvalue weighted by Gasteiger charge is 2.13. The third kappa shape index (κ3) is 5.27. The van der Waals surface area contributed by atoms with Crippen LogP contribution in [-0.4, -0.2) is 12.5 Å². The number of carbonyl (C=O) groups excluding carboxylic acids is 1. The van der Waals surface area contributed by atoms with Gasteiger partial charge < -0.3 is 10.1 Å². The molecule has 0 aliphatic heterocycles. The van der Waals surface area contributed by atoms with Crippen LogP contribution in [0.1, 0.15) is 5.56 Å². The lowest BCUT2D eigenvalue weighted by atomic mass is 10.1. The summed E-state index contributed by atoms with van der Waals surface area (Å²) in [6, 6.07) is 11.5. The van der Waals surface area contributed by atoms with Crippen molar-refractivity contribution in [1.29, 1.82) is 5.26 Å². The van der Waals surface area contributed by atoms with Crippen LogP contribution in [0.2, 0.25) is 15.1 Å². The van der Waals surface area contributed by atoms with Crippen LogP contribution in [0.25, 0.3) is 6.08 Å². The van der Waals surface area contributed by atoms with E-state index in [0.29, 0.717) is 22.0 Å². The monoisotopic (exact) mass is 406 g/mol. The molecule has 1 amide bonds. The van der Waals surface area contributed by atoms with Gasteiger partial charge >= 0.3 is 0 Å². The van der Waals surface area contributed by atoms with E-state index in [2.05, 4.69) is 11.9 Å². The minimum Gasteiger partial charge on any atom is -0.486 e. The first-order valence-corrected chi connectivity index (χ1v) is 8.49. The second-order valence-corrected chi connectivity index (χ2v) is 6.30. The number of hydrogen-bond donors (Lipinski definition) is 1. The predicted octanol–water partition coefficient (Wildman–Crippen LogP) is 5.76. The molecular weight excluding hydrogens is 395 g/mol. The van der Waals surface area contributed by atoms with Gasteiger partial charge in [0, 0.05) is 10.7 Å². The Morgan fingerprint density at radius 1 is 1.19 bits per heavy atom. The van der Waals surface area contributed by atoms with Crippen molar-refractivity contribution in [2.24, 2.45) is 0 Å². The number of ether oxygens (including phenoxy) is 1. The SMILES string of the molecule is C=CCOc1c(Cl)cc(/C=C(/C#N)C(=O)Nc2ccc(Cl)cc2)cc1Cl. The van der Waals surface area contributed by atoms with Crippen molar-refractivity contribution in [2.75, 3.05) is 11.9 Å². The molecule has 0 aliphatic rings. The molecule has 26 heavy (non-hydrogen) atoms. The third-order valence-corrected chi connectivity index (χ3v) is 3.96. The minimum atomic E-state index is -0.561. The van der Waals surface area contributed by atoms with Gasteiger partial charge in [-0.2, -0.15) is 5.26 Å². The van der Waals surface area contributed by atoms with Crippen molar-refractivity contribution in [2.45, 2.75) is 0 Å². The second kappa shape index (κ2) is 9.30. The zero-order valence-corrected chi connectivity index (χ0v) is 15.7. The number of amides is 1. The van der Waals surface area contributed by atoms with Gasteiger partial charge in [-0.1, -0.05) is 47.5 Å². The molecule has 0 heterocycles. The Kier molecular flexibility index (Phi) is 7.11. The van der Waals surface area contributed by atoms with E-state index < -0.39 is 5.91 Å².